The number of ether oxygens (including phenoxy) is 2. The summed E-state index contributed by atoms with van der Waals surface area (Å²) in [4.78, 5) is 3.26. The number of methoxy groups -OCH3 is 1. The van der Waals surface area contributed by atoms with Crippen molar-refractivity contribution in [1.82, 2.24) is 4.98 Å². The number of pyridine rings is 1. The Morgan fingerprint density at radius 1 is 1.36 bits per heavy atom. The van der Waals surface area contributed by atoms with Gasteiger partial charge in [-0.3, -0.25) is 0 Å². The molecule has 1 heterocycles. The molecule has 0 amide bonds. The molecule has 0 spiro atoms. The molecule has 0 aromatic carbocycles. The molecule has 0 atom stereocenters. The third-order valence-corrected chi connectivity index (χ3v) is 1.23. The monoisotopic (exact) mass is 209 g/mol. The maximum atomic E-state index is 11.7. The average molecular weight is 209 g/mol. The van der Waals surface area contributed by atoms with Gasteiger partial charge in [0.05, 0.1) is 7.11 Å². The minimum atomic E-state index is -4.81. The van der Waals surface area contributed by atoms with Gasteiger partial charge in [0.15, 0.2) is 5.75 Å². The van der Waals surface area contributed by atoms with Crippen molar-refractivity contribution < 1.29 is 27.8 Å². The first-order valence-corrected chi connectivity index (χ1v) is 3.42. The predicted molar refractivity (Wildman–Crippen MR) is 39.1 cm³/mol. The molecule has 0 aliphatic rings. The minimum absolute atomic E-state index is 0.327. The van der Waals surface area contributed by atoms with Crippen LogP contribution in [0.1, 0.15) is 0 Å². The SMILES string of the molecule is COc1nc(OC(F)(F)F)ccc1O. The van der Waals surface area contributed by atoms with Gasteiger partial charge in [-0.25, -0.2) is 0 Å². The molecule has 4 nitrogen and oxygen atoms in total. The Balaban J connectivity index is 2.90. The van der Waals surface area contributed by atoms with Gasteiger partial charge in [-0.15, -0.1) is 13.2 Å². The summed E-state index contributed by atoms with van der Waals surface area (Å²) >= 11 is 0. The third-order valence-electron chi connectivity index (χ3n) is 1.23. The van der Waals surface area contributed by atoms with E-state index in [1.54, 1.807) is 0 Å². The van der Waals surface area contributed by atoms with Crippen LogP contribution in [0.15, 0.2) is 12.1 Å². The van der Waals surface area contributed by atoms with E-state index in [1.165, 1.54) is 7.11 Å². The summed E-state index contributed by atoms with van der Waals surface area (Å²) in [5, 5.41) is 9.01. The Labute approximate surface area is 76.9 Å². The first-order chi connectivity index (χ1) is 6.42. The summed E-state index contributed by atoms with van der Waals surface area (Å²) in [5.41, 5.74) is 0. The smallest absolute Gasteiger partial charge is 0.503 e. The van der Waals surface area contributed by atoms with Gasteiger partial charge in [-0.1, -0.05) is 0 Å². The van der Waals surface area contributed by atoms with E-state index in [2.05, 4.69) is 14.5 Å². The van der Waals surface area contributed by atoms with E-state index in [9.17, 15) is 13.2 Å². The van der Waals surface area contributed by atoms with E-state index < -0.39 is 12.2 Å². The molecule has 0 aliphatic carbocycles. The second-order valence-electron chi connectivity index (χ2n) is 2.23. The standard InChI is InChI=1S/C7H6F3NO3/c1-13-6-4(12)2-3-5(11-6)14-7(8,9)10/h2-3,12H,1H3. The molecule has 1 aromatic heterocycles. The van der Waals surface area contributed by atoms with Crippen molar-refractivity contribution in [1.29, 1.82) is 0 Å². The van der Waals surface area contributed by atoms with Gasteiger partial charge < -0.3 is 14.6 Å². The number of nitrogens with zero attached hydrogens (tertiary/aromatic N) is 1. The predicted octanol–water partition coefficient (Wildman–Crippen LogP) is 1.69. The molecule has 0 aliphatic heterocycles. The second-order valence-corrected chi connectivity index (χ2v) is 2.23. The van der Waals surface area contributed by atoms with Crippen LogP contribution in [0, 0.1) is 0 Å². The highest BCUT2D eigenvalue weighted by Crippen LogP contribution is 2.28. The number of hydrogen-bond acceptors (Lipinski definition) is 4. The molecule has 1 rings (SSSR count). The van der Waals surface area contributed by atoms with Crippen LogP contribution < -0.4 is 9.47 Å². The van der Waals surface area contributed by atoms with Crippen molar-refractivity contribution in [2.45, 2.75) is 6.36 Å². The van der Waals surface area contributed by atoms with Gasteiger partial charge in [0.2, 0.25) is 5.88 Å². The fraction of sp³-hybridized carbons (Fsp3) is 0.286. The highest BCUT2D eigenvalue weighted by Gasteiger charge is 2.32. The van der Waals surface area contributed by atoms with Crippen LogP contribution in [-0.4, -0.2) is 23.6 Å². The molecule has 0 saturated heterocycles. The number of halogens is 3. The van der Waals surface area contributed by atoms with E-state index in [0.29, 0.717) is 0 Å². The van der Waals surface area contributed by atoms with E-state index in [0.717, 1.165) is 12.1 Å². The topological polar surface area (TPSA) is 51.6 Å². The Bertz CT molecular complexity index is 326. The van der Waals surface area contributed by atoms with Gasteiger partial charge in [0.25, 0.3) is 5.88 Å². The summed E-state index contributed by atoms with van der Waals surface area (Å²) in [6.07, 6.45) is -4.81. The molecule has 14 heavy (non-hydrogen) atoms. The zero-order chi connectivity index (χ0) is 10.8. The van der Waals surface area contributed by atoms with Crippen LogP contribution in [0.5, 0.6) is 17.5 Å². The first-order valence-electron chi connectivity index (χ1n) is 3.42. The van der Waals surface area contributed by atoms with Gasteiger partial charge in [0.1, 0.15) is 0 Å². The Morgan fingerprint density at radius 2 is 2.00 bits per heavy atom. The van der Waals surface area contributed by atoms with Crippen LogP contribution in [0.25, 0.3) is 0 Å². The van der Waals surface area contributed by atoms with Gasteiger partial charge in [-0.2, -0.15) is 4.98 Å². The normalized spacial score (nSPS) is 11.1. The van der Waals surface area contributed by atoms with Gasteiger partial charge in [-0.05, 0) is 6.07 Å². The van der Waals surface area contributed by atoms with Crippen LogP contribution >= 0.6 is 0 Å². The fourth-order valence-electron chi connectivity index (χ4n) is 0.742. The van der Waals surface area contributed by atoms with Crippen molar-refractivity contribution in [3.05, 3.63) is 12.1 Å². The highest BCUT2D eigenvalue weighted by molar-refractivity contribution is 5.35. The van der Waals surface area contributed by atoms with Crippen LogP contribution in [0.4, 0.5) is 13.2 Å². The number of alkyl halides is 3. The van der Waals surface area contributed by atoms with Crippen molar-refractivity contribution in [2.24, 2.45) is 0 Å². The quantitative estimate of drug-likeness (QED) is 0.805. The molecular weight excluding hydrogens is 203 g/mol. The van der Waals surface area contributed by atoms with E-state index in [4.69, 9.17) is 5.11 Å². The molecule has 0 bridgehead atoms. The lowest BCUT2D eigenvalue weighted by Crippen LogP contribution is -2.17. The minimum Gasteiger partial charge on any atom is -0.503 e. The first kappa shape index (κ1) is 10.4. The van der Waals surface area contributed by atoms with Crippen molar-refractivity contribution in [3.8, 4) is 17.5 Å². The summed E-state index contributed by atoms with van der Waals surface area (Å²) in [6, 6.07) is 1.87. The summed E-state index contributed by atoms with van der Waals surface area (Å²) in [6.45, 7) is 0. The maximum Gasteiger partial charge on any atom is 0.574 e. The number of rotatable bonds is 2. The highest BCUT2D eigenvalue weighted by atomic mass is 19.4. The molecule has 0 radical (unpaired) electrons. The van der Waals surface area contributed by atoms with Gasteiger partial charge in [0, 0.05) is 6.07 Å². The number of aromatic hydroxyl groups is 1. The zero-order valence-electron chi connectivity index (χ0n) is 7.00. The van der Waals surface area contributed by atoms with Crippen molar-refractivity contribution in [2.75, 3.05) is 7.11 Å². The lowest BCUT2D eigenvalue weighted by atomic mass is 10.4. The van der Waals surface area contributed by atoms with Crippen molar-refractivity contribution in [3.63, 3.8) is 0 Å². The van der Waals surface area contributed by atoms with E-state index in [-0.39, 0.29) is 11.6 Å². The average Bonchev–Trinajstić information content (AvgIpc) is 2.06. The summed E-state index contributed by atoms with van der Waals surface area (Å²) in [5.74, 6) is -1.37. The molecule has 0 unspecified atom stereocenters. The van der Waals surface area contributed by atoms with Crippen LogP contribution in [0.2, 0.25) is 0 Å². The molecule has 7 heteroatoms. The van der Waals surface area contributed by atoms with E-state index >= 15 is 0 Å². The van der Waals surface area contributed by atoms with Gasteiger partial charge >= 0.3 is 6.36 Å². The lowest BCUT2D eigenvalue weighted by Gasteiger charge is -2.08. The van der Waals surface area contributed by atoms with E-state index in [1.807, 2.05) is 0 Å². The maximum absolute atomic E-state index is 11.7. The van der Waals surface area contributed by atoms with Crippen molar-refractivity contribution >= 4 is 0 Å². The Kier molecular flexibility index (Phi) is 2.68. The zero-order valence-corrected chi connectivity index (χ0v) is 7.00. The molecule has 1 N–H and O–H groups in total. The molecular formula is C7H6F3NO3. The Morgan fingerprint density at radius 3 is 2.50 bits per heavy atom. The molecule has 1 aromatic rings. The third kappa shape index (κ3) is 2.68. The number of hydrogen-bond donors (Lipinski definition) is 1. The molecule has 0 saturated carbocycles. The molecule has 78 valence electrons. The largest absolute Gasteiger partial charge is 0.574 e. The fourth-order valence-corrected chi connectivity index (χ4v) is 0.742. The summed E-state index contributed by atoms with van der Waals surface area (Å²) < 4.78 is 43.1. The van der Waals surface area contributed by atoms with Crippen LogP contribution in [-0.2, 0) is 0 Å². The Hall–Kier alpha value is -1.66. The number of aromatic nitrogens is 1. The second kappa shape index (κ2) is 3.60. The van der Waals surface area contributed by atoms with Crippen LogP contribution in [0.3, 0.4) is 0 Å². The molecule has 0 fully saturated rings. The lowest BCUT2D eigenvalue weighted by molar-refractivity contribution is -0.276. The summed E-state index contributed by atoms with van der Waals surface area (Å²) in [7, 11) is 1.17.